The number of carbonyl (C=O) groups excluding carboxylic acids is 1. The van der Waals surface area contributed by atoms with Crippen LogP contribution in [0.3, 0.4) is 0 Å². The lowest BCUT2D eigenvalue weighted by Gasteiger charge is -2.15. The van der Waals surface area contributed by atoms with E-state index in [9.17, 15) is 9.90 Å². The Hall–Kier alpha value is -1.59. The van der Waals surface area contributed by atoms with E-state index in [0.717, 1.165) is 11.3 Å². The summed E-state index contributed by atoms with van der Waals surface area (Å²) in [4.78, 5) is 11.8. The molecule has 5 heteroatoms. The van der Waals surface area contributed by atoms with Gasteiger partial charge in [-0.05, 0) is 37.0 Å². The molecule has 0 spiro atoms. The Bertz CT molecular complexity index is 449. The lowest BCUT2D eigenvalue weighted by molar-refractivity contribution is 0.117. The van der Waals surface area contributed by atoms with Crippen molar-refractivity contribution in [2.24, 2.45) is 5.92 Å². The zero-order valence-electron chi connectivity index (χ0n) is 13.2. The van der Waals surface area contributed by atoms with Gasteiger partial charge in [-0.3, -0.25) is 0 Å². The molecule has 1 rings (SSSR count). The Kier molecular flexibility index (Phi) is 7.19. The van der Waals surface area contributed by atoms with Gasteiger partial charge in [0.15, 0.2) is 0 Å². The van der Waals surface area contributed by atoms with E-state index in [4.69, 9.17) is 4.74 Å². The average Bonchev–Trinajstić information content (AvgIpc) is 2.46. The number of nitrogens with one attached hydrogen (secondary N) is 2. The van der Waals surface area contributed by atoms with Crippen LogP contribution in [0.1, 0.15) is 38.9 Å². The highest BCUT2D eigenvalue weighted by atomic mass is 16.5. The smallest absolute Gasteiger partial charge is 0.319 e. The number of benzene rings is 1. The van der Waals surface area contributed by atoms with Crippen molar-refractivity contribution in [2.75, 3.05) is 19.0 Å². The maximum atomic E-state index is 11.8. The number of ether oxygens (including phenoxy) is 1. The molecule has 2 unspecified atom stereocenters. The zero-order valence-corrected chi connectivity index (χ0v) is 13.2. The van der Waals surface area contributed by atoms with Crippen molar-refractivity contribution >= 4 is 11.7 Å². The molecule has 1 aromatic carbocycles. The van der Waals surface area contributed by atoms with Gasteiger partial charge >= 0.3 is 6.03 Å². The summed E-state index contributed by atoms with van der Waals surface area (Å²) in [7, 11) is 1.65. The van der Waals surface area contributed by atoms with Gasteiger partial charge in [0, 0.05) is 19.3 Å². The molecule has 0 aliphatic rings. The maximum absolute atomic E-state index is 11.8. The van der Waals surface area contributed by atoms with Crippen LogP contribution in [0.2, 0.25) is 0 Å². The molecule has 0 aliphatic heterocycles. The molecule has 21 heavy (non-hydrogen) atoms. The molecule has 2 atom stereocenters. The molecule has 0 saturated heterocycles. The third-order valence-corrected chi connectivity index (χ3v) is 3.46. The van der Waals surface area contributed by atoms with E-state index in [0.29, 0.717) is 13.0 Å². The van der Waals surface area contributed by atoms with E-state index in [1.165, 1.54) is 0 Å². The van der Waals surface area contributed by atoms with Gasteiger partial charge in [-0.2, -0.15) is 0 Å². The topological polar surface area (TPSA) is 70.6 Å². The van der Waals surface area contributed by atoms with Crippen LogP contribution in [-0.2, 0) is 4.74 Å². The van der Waals surface area contributed by atoms with Gasteiger partial charge in [0.1, 0.15) is 0 Å². The highest BCUT2D eigenvalue weighted by Gasteiger charge is 2.10. The molecule has 0 aromatic heterocycles. The van der Waals surface area contributed by atoms with Crippen LogP contribution >= 0.6 is 0 Å². The summed E-state index contributed by atoms with van der Waals surface area (Å²) >= 11 is 0. The maximum Gasteiger partial charge on any atom is 0.319 e. The summed E-state index contributed by atoms with van der Waals surface area (Å²) in [6.07, 6.45) is 0.137. The van der Waals surface area contributed by atoms with E-state index < -0.39 is 6.10 Å². The van der Waals surface area contributed by atoms with Crippen LogP contribution in [0.25, 0.3) is 0 Å². The van der Waals surface area contributed by atoms with Crippen LogP contribution < -0.4 is 10.6 Å². The van der Waals surface area contributed by atoms with Gasteiger partial charge in [0.25, 0.3) is 0 Å². The second-order valence-electron chi connectivity index (χ2n) is 5.48. The number of amides is 2. The van der Waals surface area contributed by atoms with Crippen molar-refractivity contribution in [1.29, 1.82) is 0 Å². The molecule has 3 N–H and O–H groups in total. The number of aliphatic hydroxyl groups excluding tert-OH is 1. The number of rotatable bonds is 7. The first-order chi connectivity index (χ1) is 9.93. The van der Waals surface area contributed by atoms with Crippen molar-refractivity contribution in [3.05, 3.63) is 29.8 Å². The molecule has 1 aromatic rings. The highest BCUT2D eigenvalue weighted by molar-refractivity contribution is 5.89. The largest absolute Gasteiger partial charge is 0.393 e. The van der Waals surface area contributed by atoms with Gasteiger partial charge < -0.3 is 20.5 Å². The number of methoxy groups -OCH3 is 1. The molecule has 0 fully saturated rings. The van der Waals surface area contributed by atoms with Crippen molar-refractivity contribution in [3.8, 4) is 0 Å². The molecule has 0 saturated carbocycles. The Morgan fingerprint density at radius 2 is 2.05 bits per heavy atom. The molecule has 5 nitrogen and oxygen atoms in total. The summed E-state index contributed by atoms with van der Waals surface area (Å²) in [6, 6.07) is 7.28. The number of urea groups is 1. The molecule has 0 heterocycles. The first-order valence-electron chi connectivity index (χ1n) is 7.29. The molecule has 0 radical (unpaired) electrons. The quantitative estimate of drug-likeness (QED) is 0.724. The molecule has 0 bridgehead atoms. The molecule has 118 valence electrons. The predicted octanol–water partition coefficient (Wildman–Crippen LogP) is 2.92. The zero-order chi connectivity index (χ0) is 15.8. The van der Waals surface area contributed by atoms with E-state index in [1.807, 2.05) is 45.0 Å². The lowest BCUT2D eigenvalue weighted by atomic mass is 10.0. The lowest BCUT2D eigenvalue weighted by Crippen LogP contribution is -2.32. The van der Waals surface area contributed by atoms with Crippen LogP contribution in [0.5, 0.6) is 0 Å². The molecular weight excluding hydrogens is 268 g/mol. The Balaban J connectivity index is 2.44. The Labute approximate surface area is 126 Å². The highest BCUT2D eigenvalue weighted by Crippen LogP contribution is 2.19. The minimum Gasteiger partial charge on any atom is -0.393 e. The fraction of sp³-hybridized carbons (Fsp3) is 0.562. The van der Waals surface area contributed by atoms with Crippen LogP contribution in [0.15, 0.2) is 24.3 Å². The van der Waals surface area contributed by atoms with Crippen LogP contribution in [0, 0.1) is 5.92 Å². The summed E-state index contributed by atoms with van der Waals surface area (Å²) in [6.45, 7) is 6.30. The molecular formula is C16H26N2O3. The van der Waals surface area contributed by atoms with E-state index >= 15 is 0 Å². The normalized spacial score (nSPS) is 13.8. The van der Waals surface area contributed by atoms with E-state index in [-0.39, 0.29) is 18.1 Å². The van der Waals surface area contributed by atoms with Crippen molar-refractivity contribution in [3.63, 3.8) is 0 Å². The average molecular weight is 294 g/mol. The summed E-state index contributed by atoms with van der Waals surface area (Å²) < 4.78 is 5.25. The predicted molar refractivity (Wildman–Crippen MR) is 84.3 cm³/mol. The van der Waals surface area contributed by atoms with Gasteiger partial charge in [-0.25, -0.2) is 4.79 Å². The van der Waals surface area contributed by atoms with Gasteiger partial charge in [0.2, 0.25) is 0 Å². The van der Waals surface area contributed by atoms with E-state index in [2.05, 4.69) is 10.6 Å². The first kappa shape index (κ1) is 17.5. The minimum atomic E-state index is -0.392. The Morgan fingerprint density at radius 3 is 2.67 bits per heavy atom. The van der Waals surface area contributed by atoms with Crippen molar-refractivity contribution in [2.45, 2.75) is 39.4 Å². The fourth-order valence-electron chi connectivity index (χ4n) is 1.85. The van der Waals surface area contributed by atoms with Gasteiger partial charge in [-0.1, -0.05) is 26.0 Å². The van der Waals surface area contributed by atoms with Crippen molar-refractivity contribution in [1.82, 2.24) is 5.32 Å². The van der Waals surface area contributed by atoms with Gasteiger partial charge in [0.05, 0.1) is 12.2 Å². The summed E-state index contributed by atoms with van der Waals surface area (Å²) in [5.74, 6) is 0.196. The third-order valence-electron chi connectivity index (χ3n) is 3.46. The van der Waals surface area contributed by atoms with Crippen molar-refractivity contribution < 1.29 is 14.6 Å². The molecule has 2 amide bonds. The standard InChI is InChI=1S/C16H26N2O3/c1-11(2)15(19)8-9-17-16(20)18-14-7-5-6-13(10-14)12(3)21-4/h5-7,10-12,15,19H,8-9H2,1-4H3,(H2,17,18,20). The second kappa shape index (κ2) is 8.64. The molecule has 0 aliphatic carbocycles. The number of hydrogen-bond acceptors (Lipinski definition) is 3. The number of hydrogen-bond donors (Lipinski definition) is 3. The number of aliphatic hydroxyl groups is 1. The summed E-state index contributed by atoms with van der Waals surface area (Å²) in [5.41, 5.74) is 1.73. The monoisotopic (exact) mass is 294 g/mol. The Morgan fingerprint density at radius 1 is 1.33 bits per heavy atom. The summed E-state index contributed by atoms with van der Waals surface area (Å²) in [5, 5.41) is 15.2. The first-order valence-corrected chi connectivity index (χ1v) is 7.29. The number of carbonyl (C=O) groups is 1. The third kappa shape index (κ3) is 6.14. The second-order valence-corrected chi connectivity index (χ2v) is 5.48. The van der Waals surface area contributed by atoms with E-state index in [1.54, 1.807) is 7.11 Å². The van der Waals surface area contributed by atoms with Crippen LogP contribution in [-0.4, -0.2) is 30.9 Å². The minimum absolute atomic E-state index is 0.0176. The SMILES string of the molecule is COC(C)c1cccc(NC(=O)NCCC(O)C(C)C)c1. The number of anilines is 1. The van der Waals surface area contributed by atoms with Crippen LogP contribution in [0.4, 0.5) is 10.5 Å². The van der Waals surface area contributed by atoms with Gasteiger partial charge in [-0.15, -0.1) is 0 Å². The fourth-order valence-corrected chi connectivity index (χ4v) is 1.85.